The maximum absolute atomic E-state index is 13.6. The third-order valence-electron chi connectivity index (χ3n) is 7.80. The van der Waals surface area contributed by atoms with Crippen molar-refractivity contribution < 1.29 is 41.6 Å². The van der Waals surface area contributed by atoms with E-state index in [-0.39, 0.29) is 22.5 Å². The minimum absolute atomic E-state index is 0.137. The lowest BCUT2D eigenvalue weighted by atomic mass is 9.78. The predicted molar refractivity (Wildman–Crippen MR) is 176 cm³/mol. The van der Waals surface area contributed by atoms with Gasteiger partial charge in [0, 0.05) is 26.1 Å². The van der Waals surface area contributed by atoms with Gasteiger partial charge in [0.05, 0.1) is 22.3 Å². The van der Waals surface area contributed by atoms with Crippen molar-refractivity contribution in [2.45, 2.75) is 50.2 Å². The van der Waals surface area contributed by atoms with Gasteiger partial charge in [-0.2, -0.15) is 8.42 Å². The Labute approximate surface area is 285 Å². The fourth-order valence-electron chi connectivity index (χ4n) is 6.04. The number of carbonyl (C=O) groups is 3. The van der Waals surface area contributed by atoms with Gasteiger partial charge in [0.1, 0.15) is 18.0 Å². The van der Waals surface area contributed by atoms with Crippen molar-refractivity contribution in [3.8, 4) is 5.75 Å². The molecule has 6 unspecified atom stereocenters. The third kappa shape index (κ3) is 5.31. The Kier molecular flexibility index (Phi) is 8.80. The first-order chi connectivity index (χ1) is 18.6. The van der Waals surface area contributed by atoms with E-state index in [1.807, 2.05) is 6.07 Å². The second-order valence-corrected chi connectivity index (χ2v) is 16.3. The molecule has 3 fully saturated rings. The molecule has 2 bridgehead atoms. The topological polar surface area (TPSA) is 133 Å². The normalized spacial score (nSPS) is 26.8. The monoisotopic (exact) mass is 1020 g/mol. The van der Waals surface area contributed by atoms with Gasteiger partial charge in [0.25, 0.3) is 10.1 Å². The van der Waals surface area contributed by atoms with Crippen LogP contribution in [0.3, 0.4) is 0 Å². The Hall–Kier alpha value is -0.320. The largest absolute Gasteiger partial charge is 0.458 e. The molecule has 2 aromatic carbocycles. The van der Waals surface area contributed by atoms with Crippen LogP contribution in [-0.4, -0.2) is 43.1 Å². The number of ether oxygens (including phenoxy) is 3. The van der Waals surface area contributed by atoms with E-state index in [1.165, 1.54) is 12.1 Å². The molecular weight excluding hydrogens is 996 g/mol. The van der Waals surface area contributed by atoms with Gasteiger partial charge >= 0.3 is 17.9 Å². The highest BCUT2D eigenvalue weighted by Crippen LogP contribution is 2.59. The van der Waals surface area contributed by atoms with Crippen LogP contribution >= 0.6 is 90.4 Å². The van der Waals surface area contributed by atoms with Crippen LogP contribution in [0.5, 0.6) is 5.75 Å². The Bertz CT molecular complexity index is 1570. The first-order valence-electron chi connectivity index (χ1n) is 12.2. The van der Waals surface area contributed by atoms with Gasteiger partial charge < -0.3 is 14.2 Å². The van der Waals surface area contributed by atoms with Crippen molar-refractivity contribution in [3.05, 3.63) is 49.2 Å². The number of fused-ring (bicyclic) bond motifs is 1. The lowest BCUT2D eigenvalue weighted by molar-refractivity contribution is -0.149. The Morgan fingerprint density at radius 3 is 2.35 bits per heavy atom. The smallest absolute Gasteiger partial charge is 0.340 e. The van der Waals surface area contributed by atoms with Crippen LogP contribution in [-0.2, 0) is 29.2 Å². The van der Waals surface area contributed by atoms with Crippen LogP contribution in [0.25, 0.3) is 0 Å². The summed E-state index contributed by atoms with van der Waals surface area (Å²) in [6, 6.07) is 4.60. The summed E-state index contributed by atoms with van der Waals surface area (Å²) in [5, 5.41) is 0. The Morgan fingerprint density at radius 1 is 1.05 bits per heavy atom. The maximum Gasteiger partial charge on any atom is 0.340 e. The van der Waals surface area contributed by atoms with Crippen molar-refractivity contribution in [1.82, 2.24) is 0 Å². The molecule has 1 heterocycles. The van der Waals surface area contributed by atoms with Crippen molar-refractivity contribution in [1.29, 1.82) is 0 Å². The molecule has 14 heteroatoms. The van der Waals surface area contributed by atoms with Crippen LogP contribution in [0.4, 0.5) is 0 Å². The first-order valence-corrected chi connectivity index (χ1v) is 18.0. The first kappa shape index (κ1) is 31.1. The molecule has 0 aromatic heterocycles. The highest BCUT2D eigenvalue weighted by atomic mass is 127. The number of halogens is 4. The molecule has 1 aliphatic heterocycles. The molecule has 0 radical (unpaired) electrons. The van der Waals surface area contributed by atoms with Gasteiger partial charge in [-0.3, -0.25) is 14.1 Å². The number of esters is 3. The molecule has 40 heavy (non-hydrogen) atoms. The van der Waals surface area contributed by atoms with Crippen molar-refractivity contribution in [2.75, 3.05) is 0 Å². The lowest BCUT2D eigenvalue weighted by Crippen LogP contribution is -2.44. The van der Waals surface area contributed by atoms with Gasteiger partial charge in [-0.15, -0.1) is 0 Å². The molecule has 3 aliphatic rings. The second kappa shape index (κ2) is 11.3. The summed E-state index contributed by atoms with van der Waals surface area (Å²) in [5.41, 5.74) is 1.07. The summed E-state index contributed by atoms with van der Waals surface area (Å²) >= 11 is 8.61. The molecule has 0 amide bonds. The minimum atomic E-state index is -4.49. The van der Waals surface area contributed by atoms with Gasteiger partial charge in [0.15, 0.2) is 0 Å². The molecule has 5 rings (SSSR count). The lowest BCUT2D eigenvalue weighted by Gasteiger charge is -2.30. The highest BCUT2D eigenvalue weighted by Gasteiger charge is 2.70. The van der Waals surface area contributed by atoms with Gasteiger partial charge in [-0.1, -0.05) is 13.8 Å². The maximum atomic E-state index is 13.6. The third-order valence-corrected chi connectivity index (χ3v) is 14.7. The number of carbonyl (C=O) groups excluding carboxylic acids is 3. The number of benzene rings is 2. The number of rotatable bonds is 6. The van der Waals surface area contributed by atoms with Crippen LogP contribution in [0.15, 0.2) is 23.1 Å². The average molecular weight is 1020 g/mol. The number of hydrogen-bond donors (Lipinski definition) is 1. The van der Waals surface area contributed by atoms with Crippen molar-refractivity contribution in [3.63, 3.8) is 0 Å². The number of hydrogen-bond acceptors (Lipinski definition) is 8. The van der Waals surface area contributed by atoms with Gasteiger partial charge in [0.2, 0.25) is 0 Å². The molecule has 2 saturated carbocycles. The van der Waals surface area contributed by atoms with Crippen LogP contribution in [0.2, 0.25) is 0 Å². The van der Waals surface area contributed by atoms with Gasteiger partial charge in [-0.05, 0) is 139 Å². The zero-order chi connectivity index (χ0) is 29.4. The van der Waals surface area contributed by atoms with Crippen molar-refractivity contribution >= 4 is 118 Å². The standard InChI is InChI=1S/C26H22I4O9S/c1-8(2)10-6-15(9(3)4-16(10)40(34,35)36)37-24(31)17-11-5-12-18(17)25(32)38-22(12)23(11)39-26(33)19-13(27)7-14(28)20(29)21(19)30/h4,6-8,11-12,17-18,22-23H,5H2,1-3H3,(H,34,35,36). The van der Waals surface area contributed by atoms with Crippen LogP contribution in [0.1, 0.15) is 47.7 Å². The van der Waals surface area contributed by atoms with E-state index < -0.39 is 58.0 Å². The molecule has 0 spiro atoms. The van der Waals surface area contributed by atoms with E-state index in [4.69, 9.17) is 14.2 Å². The fraction of sp³-hybridized carbons (Fsp3) is 0.423. The average Bonchev–Trinajstić information content (AvgIpc) is 3.46. The molecule has 1 saturated heterocycles. The van der Waals surface area contributed by atoms with Crippen LogP contribution in [0, 0.1) is 44.9 Å². The molecular formula is C26H22I4O9S. The van der Waals surface area contributed by atoms with E-state index in [0.717, 1.165) is 14.3 Å². The predicted octanol–water partition coefficient (Wildman–Crippen LogP) is 5.72. The van der Waals surface area contributed by atoms with Crippen molar-refractivity contribution in [2.24, 2.45) is 23.7 Å². The van der Waals surface area contributed by atoms with E-state index >= 15 is 0 Å². The zero-order valence-electron chi connectivity index (χ0n) is 21.1. The molecule has 6 atom stereocenters. The van der Waals surface area contributed by atoms with E-state index in [0.29, 0.717) is 23.1 Å². The fourth-order valence-corrected chi connectivity index (χ4v) is 11.2. The SMILES string of the molecule is Cc1cc(S(=O)(=O)O)c(C(C)C)cc1OC(=O)C1C2CC3C(OC(=O)C31)C2OC(=O)c1c(I)cc(I)c(I)c1I. The summed E-state index contributed by atoms with van der Waals surface area (Å²) in [7, 11) is -4.49. The van der Waals surface area contributed by atoms with E-state index in [1.54, 1.807) is 20.8 Å². The quantitative estimate of drug-likeness (QED) is 0.0964. The molecule has 2 aromatic rings. The highest BCUT2D eigenvalue weighted by molar-refractivity contribution is 14.1. The molecule has 214 valence electrons. The van der Waals surface area contributed by atoms with E-state index in [9.17, 15) is 27.4 Å². The van der Waals surface area contributed by atoms with Gasteiger partial charge in [-0.25, -0.2) is 4.79 Å². The Morgan fingerprint density at radius 2 is 1.73 bits per heavy atom. The Balaban J connectivity index is 1.44. The summed E-state index contributed by atoms with van der Waals surface area (Å²) in [6.07, 6.45) is -0.928. The summed E-state index contributed by atoms with van der Waals surface area (Å²) in [4.78, 5) is 39.6. The second-order valence-electron chi connectivity index (χ2n) is 10.4. The molecule has 2 aliphatic carbocycles. The van der Waals surface area contributed by atoms with Crippen LogP contribution < -0.4 is 4.74 Å². The van der Waals surface area contributed by atoms with E-state index in [2.05, 4.69) is 90.4 Å². The minimum Gasteiger partial charge on any atom is -0.458 e. The number of aryl methyl sites for hydroxylation is 1. The zero-order valence-corrected chi connectivity index (χ0v) is 30.6. The summed E-state index contributed by atoms with van der Waals surface area (Å²) in [5.74, 6) is -4.18. The molecule has 1 N–H and O–H groups in total. The summed E-state index contributed by atoms with van der Waals surface area (Å²) in [6.45, 7) is 5.08. The summed E-state index contributed by atoms with van der Waals surface area (Å²) < 4.78 is 54.4. The molecule has 9 nitrogen and oxygen atoms in total.